The van der Waals surface area contributed by atoms with E-state index in [1.54, 1.807) is 18.2 Å². The van der Waals surface area contributed by atoms with Crippen LogP contribution in [0.4, 0.5) is 19.0 Å². The molecule has 1 N–H and O–H groups in total. The monoisotopic (exact) mass is 326 g/mol. The summed E-state index contributed by atoms with van der Waals surface area (Å²) in [6.45, 7) is 3.41. The fourth-order valence-corrected chi connectivity index (χ4v) is 2.26. The maximum absolute atomic E-state index is 12.9. The molecule has 23 heavy (non-hydrogen) atoms. The van der Waals surface area contributed by atoms with Gasteiger partial charge in [-0.15, -0.1) is 0 Å². The normalized spacial score (nSPS) is 12.1. The van der Waals surface area contributed by atoms with Crippen molar-refractivity contribution in [1.29, 1.82) is 0 Å². The Kier molecular flexibility index (Phi) is 5.41. The number of nitrogens with one attached hydrogen (secondary N) is 1. The predicted octanol–water partition coefficient (Wildman–Crippen LogP) is 3.71. The predicted molar refractivity (Wildman–Crippen MR) is 85.6 cm³/mol. The zero-order chi connectivity index (χ0) is 17.0. The molecule has 7 heteroatoms. The van der Waals surface area contributed by atoms with Crippen molar-refractivity contribution in [2.24, 2.45) is 0 Å². The lowest BCUT2D eigenvalue weighted by Gasteiger charge is -2.13. The molecule has 0 bridgehead atoms. The first-order valence-electron chi connectivity index (χ1n) is 7.51. The van der Waals surface area contributed by atoms with Crippen LogP contribution in [-0.4, -0.2) is 42.1 Å². The first-order valence-corrected chi connectivity index (χ1v) is 7.51. The number of anilines is 1. The number of halogens is 3. The molecule has 0 spiro atoms. The number of benzene rings is 1. The highest BCUT2D eigenvalue weighted by atomic mass is 19.4. The van der Waals surface area contributed by atoms with Gasteiger partial charge in [0.05, 0.1) is 5.52 Å². The van der Waals surface area contributed by atoms with Crippen molar-refractivity contribution in [3.05, 3.63) is 29.6 Å². The highest BCUT2D eigenvalue weighted by Gasteiger charge is 2.35. The minimum Gasteiger partial charge on any atom is -0.369 e. The number of nitrogens with zero attached hydrogens (tertiary/aromatic N) is 3. The average molecular weight is 326 g/mol. The first-order chi connectivity index (χ1) is 10.8. The van der Waals surface area contributed by atoms with E-state index in [1.165, 1.54) is 0 Å². The maximum atomic E-state index is 12.9. The Bertz CT molecular complexity index is 668. The van der Waals surface area contributed by atoms with Gasteiger partial charge in [0.1, 0.15) is 5.82 Å². The van der Waals surface area contributed by atoms with Crippen molar-refractivity contribution < 1.29 is 13.2 Å². The van der Waals surface area contributed by atoms with Crippen molar-refractivity contribution in [2.75, 3.05) is 32.5 Å². The van der Waals surface area contributed by atoms with Gasteiger partial charge in [-0.25, -0.2) is 9.97 Å². The van der Waals surface area contributed by atoms with Crippen LogP contribution in [0, 0.1) is 6.92 Å². The largest absolute Gasteiger partial charge is 0.451 e. The summed E-state index contributed by atoms with van der Waals surface area (Å²) in [6, 6.07) is 5.15. The first kappa shape index (κ1) is 17.5. The third kappa shape index (κ3) is 4.79. The fraction of sp³-hybridized carbons (Fsp3) is 0.500. The summed E-state index contributed by atoms with van der Waals surface area (Å²) < 4.78 is 38.8. The lowest BCUT2D eigenvalue weighted by molar-refractivity contribution is -0.144. The van der Waals surface area contributed by atoms with E-state index in [0.29, 0.717) is 17.4 Å². The van der Waals surface area contributed by atoms with Crippen LogP contribution in [0.5, 0.6) is 0 Å². The second-order valence-corrected chi connectivity index (χ2v) is 5.85. The number of fused-ring (bicyclic) bond motifs is 1. The average Bonchev–Trinajstić information content (AvgIpc) is 2.45. The summed E-state index contributed by atoms with van der Waals surface area (Å²) in [5, 5.41) is 3.65. The van der Waals surface area contributed by atoms with Gasteiger partial charge in [-0.1, -0.05) is 11.6 Å². The van der Waals surface area contributed by atoms with Crippen molar-refractivity contribution in [2.45, 2.75) is 25.9 Å². The lowest BCUT2D eigenvalue weighted by atomic mass is 10.1. The molecule has 4 nitrogen and oxygen atoms in total. The minimum absolute atomic E-state index is 0.246. The lowest BCUT2D eigenvalue weighted by Crippen LogP contribution is -2.16. The standard InChI is InChI=1S/C16H21F3N4/c1-11-6-7-13-12(10-11)14(20-8-4-5-9-23(2)3)22-15(21-13)16(17,18)19/h6-7,10H,4-5,8-9H2,1-3H3,(H,20,21,22). The molecule has 0 aliphatic rings. The zero-order valence-corrected chi connectivity index (χ0v) is 13.5. The molecule has 1 aromatic carbocycles. The highest BCUT2D eigenvalue weighted by molar-refractivity contribution is 5.89. The Balaban J connectivity index is 2.23. The summed E-state index contributed by atoms with van der Waals surface area (Å²) in [5.74, 6) is -0.861. The molecule has 2 rings (SSSR count). The molecule has 0 aliphatic heterocycles. The van der Waals surface area contributed by atoms with Gasteiger partial charge in [0.15, 0.2) is 0 Å². The molecule has 0 radical (unpaired) electrons. The van der Waals surface area contributed by atoms with E-state index in [0.717, 1.165) is 24.9 Å². The number of hydrogen-bond donors (Lipinski definition) is 1. The Morgan fingerprint density at radius 1 is 1.13 bits per heavy atom. The molecular formula is C16H21F3N4. The van der Waals surface area contributed by atoms with Gasteiger partial charge in [-0.05, 0) is 52.5 Å². The number of unbranched alkanes of at least 4 members (excludes halogenated alkanes) is 1. The Hall–Kier alpha value is -1.89. The molecule has 0 saturated heterocycles. The van der Waals surface area contributed by atoms with E-state index in [4.69, 9.17) is 0 Å². The van der Waals surface area contributed by atoms with Gasteiger partial charge in [-0.3, -0.25) is 0 Å². The van der Waals surface area contributed by atoms with Gasteiger partial charge in [0, 0.05) is 11.9 Å². The molecule has 0 fully saturated rings. The number of aryl methyl sites for hydroxylation is 1. The minimum atomic E-state index is -4.56. The van der Waals surface area contributed by atoms with Crippen molar-refractivity contribution in [3.8, 4) is 0 Å². The van der Waals surface area contributed by atoms with Gasteiger partial charge in [-0.2, -0.15) is 13.2 Å². The molecule has 0 unspecified atom stereocenters. The van der Waals surface area contributed by atoms with Gasteiger partial charge in [0.2, 0.25) is 5.82 Å². The number of aromatic nitrogens is 2. The number of hydrogen-bond acceptors (Lipinski definition) is 4. The summed E-state index contributed by atoms with van der Waals surface area (Å²) in [4.78, 5) is 9.40. The van der Waals surface area contributed by atoms with Crippen molar-refractivity contribution in [1.82, 2.24) is 14.9 Å². The van der Waals surface area contributed by atoms with E-state index in [2.05, 4.69) is 20.2 Å². The second-order valence-electron chi connectivity index (χ2n) is 5.85. The molecule has 2 aromatic rings. The summed E-state index contributed by atoms with van der Waals surface area (Å²) in [6.07, 6.45) is -2.73. The van der Waals surface area contributed by atoms with Gasteiger partial charge < -0.3 is 10.2 Å². The second kappa shape index (κ2) is 7.12. The van der Waals surface area contributed by atoms with Crippen LogP contribution in [0.15, 0.2) is 18.2 Å². The molecule has 1 heterocycles. The highest BCUT2D eigenvalue weighted by Crippen LogP contribution is 2.30. The third-order valence-electron chi connectivity index (χ3n) is 3.43. The van der Waals surface area contributed by atoms with Crippen LogP contribution in [-0.2, 0) is 6.18 Å². The quantitative estimate of drug-likeness (QED) is 0.822. The molecule has 0 aliphatic carbocycles. The van der Waals surface area contributed by atoms with Crippen LogP contribution >= 0.6 is 0 Å². The Morgan fingerprint density at radius 2 is 1.87 bits per heavy atom. The van der Waals surface area contributed by atoms with E-state index >= 15 is 0 Å². The summed E-state index contributed by atoms with van der Waals surface area (Å²) >= 11 is 0. The Labute approximate surface area is 133 Å². The smallest absolute Gasteiger partial charge is 0.369 e. The zero-order valence-electron chi connectivity index (χ0n) is 13.5. The van der Waals surface area contributed by atoms with E-state index in [1.807, 2.05) is 21.0 Å². The molecular weight excluding hydrogens is 305 g/mol. The molecule has 126 valence electrons. The van der Waals surface area contributed by atoms with Gasteiger partial charge >= 0.3 is 6.18 Å². The van der Waals surface area contributed by atoms with Crippen LogP contribution in [0.3, 0.4) is 0 Å². The van der Waals surface area contributed by atoms with Crippen molar-refractivity contribution in [3.63, 3.8) is 0 Å². The summed E-state index contributed by atoms with van der Waals surface area (Å²) in [5.41, 5.74) is 1.25. The fourth-order valence-electron chi connectivity index (χ4n) is 2.26. The SMILES string of the molecule is Cc1ccc2nc(C(F)(F)F)nc(NCCCCN(C)C)c2c1. The maximum Gasteiger partial charge on any atom is 0.451 e. The van der Waals surface area contributed by atoms with Crippen LogP contribution in [0.2, 0.25) is 0 Å². The van der Waals surface area contributed by atoms with Crippen LogP contribution in [0.1, 0.15) is 24.2 Å². The van der Waals surface area contributed by atoms with E-state index in [9.17, 15) is 13.2 Å². The van der Waals surface area contributed by atoms with Crippen LogP contribution < -0.4 is 5.32 Å². The molecule has 0 atom stereocenters. The van der Waals surface area contributed by atoms with Gasteiger partial charge in [0.25, 0.3) is 0 Å². The molecule has 0 amide bonds. The topological polar surface area (TPSA) is 41.1 Å². The van der Waals surface area contributed by atoms with E-state index < -0.39 is 12.0 Å². The number of rotatable bonds is 6. The van der Waals surface area contributed by atoms with E-state index in [-0.39, 0.29) is 5.82 Å². The van der Waals surface area contributed by atoms with Crippen molar-refractivity contribution >= 4 is 16.7 Å². The van der Waals surface area contributed by atoms with Crippen LogP contribution in [0.25, 0.3) is 10.9 Å². The Morgan fingerprint density at radius 3 is 2.52 bits per heavy atom. The summed E-state index contributed by atoms with van der Waals surface area (Å²) in [7, 11) is 3.98. The third-order valence-corrected chi connectivity index (χ3v) is 3.43. The number of alkyl halides is 3. The molecule has 0 saturated carbocycles. The molecule has 1 aromatic heterocycles.